The first-order valence-corrected chi connectivity index (χ1v) is 5.84. The van der Waals surface area contributed by atoms with E-state index in [1.54, 1.807) is 6.07 Å². The van der Waals surface area contributed by atoms with Gasteiger partial charge in [0.1, 0.15) is 5.75 Å². The predicted octanol–water partition coefficient (Wildman–Crippen LogP) is 1.87. The first-order chi connectivity index (χ1) is 8.27. The molecule has 0 saturated carbocycles. The lowest BCUT2D eigenvalue weighted by atomic mass is 10.2. The highest BCUT2D eigenvalue weighted by Crippen LogP contribution is 2.16. The van der Waals surface area contributed by atoms with E-state index in [-0.39, 0.29) is 12.6 Å². The lowest BCUT2D eigenvalue weighted by Crippen LogP contribution is -2.16. The quantitative estimate of drug-likeness (QED) is 0.581. The zero-order valence-electron chi connectivity index (χ0n) is 10.1. The predicted molar refractivity (Wildman–Crippen MR) is 65.7 cm³/mol. The standard InChI is InChI=1S/C13H19NO3/c1-2-3-8-16-13(15)10-17-12-7-5-4-6-11(12)9-14/h4-7H,2-3,8-10,14H2,1H3. The number of hydrogen-bond donors (Lipinski definition) is 1. The van der Waals surface area contributed by atoms with Gasteiger partial charge < -0.3 is 15.2 Å². The van der Waals surface area contributed by atoms with Crippen LogP contribution in [0.5, 0.6) is 5.75 Å². The minimum Gasteiger partial charge on any atom is -0.482 e. The van der Waals surface area contributed by atoms with E-state index < -0.39 is 0 Å². The van der Waals surface area contributed by atoms with Gasteiger partial charge in [-0.15, -0.1) is 0 Å². The van der Waals surface area contributed by atoms with Gasteiger partial charge >= 0.3 is 5.97 Å². The second-order valence-electron chi connectivity index (χ2n) is 3.67. The molecule has 94 valence electrons. The van der Waals surface area contributed by atoms with E-state index in [2.05, 4.69) is 0 Å². The van der Waals surface area contributed by atoms with Crippen molar-refractivity contribution in [2.24, 2.45) is 5.73 Å². The molecule has 1 rings (SSSR count). The van der Waals surface area contributed by atoms with E-state index in [0.29, 0.717) is 18.9 Å². The molecule has 0 heterocycles. The largest absolute Gasteiger partial charge is 0.482 e. The van der Waals surface area contributed by atoms with Gasteiger partial charge in [0, 0.05) is 12.1 Å². The van der Waals surface area contributed by atoms with Crippen molar-refractivity contribution in [1.82, 2.24) is 0 Å². The SMILES string of the molecule is CCCCOC(=O)COc1ccccc1CN. The van der Waals surface area contributed by atoms with Crippen LogP contribution in [-0.4, -0.2) is 19.2 Å². The van der Waals surface area contributed by atoms with Gasteiger partial charge in [-0.2, -0.15) is 0 Å². The van der Waals surface area contributed by atoms with Crippen molar-refractivity contribution >= 4 is 5.97 Å². The highest BCUT2D eigenvalue weighted by atomic mass is 16.6. The normalized spacial score (nSPS) is 10.0. The zero-order valence-corrected chi connectivity index (χ0v) is 10.1. The summed E-state index contributed by atoms with van der Waals surface area (Å²) in [5.41, 5.74) is 6.44. The number of ether oxygens (including phenoxy) is 2. The summed E-state index contributed by atoms with van der Waals surface area (Å²) in [5, 5.41) is 0. The molecule has 17 heavy (non-hydrogen) atoms. The van der Waals surface area contributed by atoms with Crippen molar-refractivity contribution < 1.29 is 14.3 Å². The Balaban J connectivity index is 2.36. The summed E-state index contributed by atoms with van der Waals surface area (Å²) in [7, 11) is 0. The monoisotopic (exact) mass is 237 g/mol. The molecule has 4 heteroatoms. The van der Waals surface area contributed by atoms with E-state index in [0.717, 1.165) is 18.4 Å². The molecule has 0 radical (unpaired) electrons. The average molecular weight is 237 g/mol. The van der Waals surface area contributed by atoms with Gasteiger partial charge in [0.2, 0.25) is 0 Å². The van der Waals surface area contributed by atoms with Crippen LogP contribution in [0.2, 0.25) is 0 Å². The van der Waals surface area contributed by atoms with Gasteiger partial charge in [0.15, 0.2) is 6.61 Å². The van der Waals surface area contributed by atoms with E-state index in [1.807, 2.05) is 25.1 Å². The molecule has 0 aliphatic rings. The molecule has 0 fully saturated rings. The summed E-state index contributed by atoms with van der Waals surface area (Å²) in [6.45, 7) is 2.82. The van der Waals surface area contributed by atoms with E-state index >= 15 is 0 Å². The zero-order chi connectivity index (χ0) is 12.5. The molecular formula is C13H19NO3. The fourth-order valence-corrected chi connectivity index (χ4v) is 1.32. The van der Waals surface area contributed by atoms with Crippen LogP contribution in [0.15, 0.2) is 24.3 Å². The molecule has 0 spiro atoms. The van der Waals surface area contributed by atoms with Gasteiger partial charge in [-0.1, -0.05) is 31.5 Å². The fraction of sp³-hybridized carbons (Fsp3) is 0.462. The second kappa shape index (κ2) is 7.68. The van der Waals surface area contributed by atoms with Gasteiger partial charge in [-0.05, 0) is 12.5 Å². The molecule has 0 bridgehead atoms. The Labute approximate surface area is 102 Å². The molecule has 0 saturated heterocycles. The van der Waals surface area contributed by atoms with Crippen LogP contribution in [0.1, 0.15) is 25.3 Å². The molecule has 2 N–H and O–H groups in total. The highest BCUT2D eigenvalue weighted by molar-refractivity contribution is 5.71. The molecule has 0 amide bonds. The smallest absolute Gasteiger partial charge is 0.344 e. The van der Waals surface area contributed by atoms with Crippen molar-refractivity contribution in [2.75, 3.05) is 13.2 Å². The van der Waals surface area contributed by atoms with E-state index in [1.165, 1.54) is 0 Å². The Morgan fingerprint density at radius 3 is 2.82 bits per heavy atom. The van der Waals surface area contributed by atoms with Crippen LogP contribution in [-0.2, 0) is 16.1 Å². The van der Waals surface area contributed by atoms with Crippen molar-refractivity contribution in [2.45, 2.75) is 26.3 Å². The Hall–Kier alpha value is -1.55. The van der Waals surface area contributed by atoms with Gasteiger partial charge in [0.25, 0.3) is 0 Å². The average Bonchev–Trinajstić information content (AvgIpc) is 2.37. The summed E-state index contributed by atoms with van der Waals surface area (Å²) in [4.78, 5) is 11.3. The summed E-state index contributed by atoms with van der Waals surface area (Å²) in [6, 6.07) is 7.39. The minimum atomic E-state index is -0.342. The van der Waals surface area contributed by atoms with Crippen molar-refractivity contribution in [1.29, 1.82) is 0 Å². The highest BCUT2D eigenvalue weighted by Gasteiger charge is 2.06. The van der Waals surface area contributed by atoms with Gasteiger partial charge in [-0.25, -0.2) is 4.79 Å². The fourth-order valence-electron chi connectivity index (χ4n) is 1.32. The molecule has 1 aromatic carbocycles. The number of rotatable bonds is 7. The van der Waals surface area contributed by atoms with Crippen molar-refractivity contribution in [3.05, 3.63) is 29.8 Å². The third-order valence-corrected chi connectivity index (χ3v) is 2.30. The number of esters is 1. The third-order valence-electron chi connectivity index (χ3n) is 2.30. The molecule has 0 unspecified atom stereocenters. The van der Waals surface area contributed by atoms with Crippen LogP contribution < -0.4 is 10.5 Å². The molecular weight excluding hydrogens is 218 g/mol. The Morgan fingerprint density at radius 2 is 2.12 bits per heavy atom. The lowest BCUT2D eigenvalue weighted by molar-refractivity contribution is -0.146. The molecule has 4 nitrogen and oxygen atoms in total. The van der Waals surface area contributed by atoms with Crippen molar-refractivity contribution in [3.8, 4) is 5.75 Å². The number of nitrogens with two attached hydrogens (primary N) is 1. The maximum atomic E-state index is 11.3. The molecule has 0 aliphatic carbocycles. The third kappa shape index (κ3) is 4.87. The molecule has 0 aliphatic heterocycles. The minimum absolute atomic E-state index is 0.0687. The molecule has 0 atom stereocenters. The van der Waals surface area contributed by atoms with Crippen LogP contribution >= 0.6 is 0 Å². The maximum Gasteiger partial charge on any atom is 0.344 e. The van der Waals surface area contributed by atoms with Crippen molar-refractivity contribution in [3.63, 3.8) is 0 Å². The van der Waals surface area contributed by atoms with E-state index in [4.69, 9.17) is 15.2 Å². The van der Waals surface area contributed by atoms with Crippen LogP contribution in [0.4, 0.5) is 0 Å². The Morgan fingerprint density at radius 1 is 1.35 bits per heavy atom. The van der Waals surface area contributed by atoms with E-state index in [9.17, 15) is 4.79 Å². The molecule has 1 aromatic rings. The lowest BCUT2D eigenvalue weighted by Gasteiger charge is -2.09. The number of hydrogen-bond acceptors (Lipinski definition) is 4. The first-order valence-electron chi connectivity index (χ1n) is 5.84. The summed E-state index contributed by atoms with van der Waals surface area (Å²) in [5.74, 6) is 0.299. The number of carbonyl (C=O) groups is 1. The Kier molecular flexibility index (Phi) is 6.10. The topological polar surface area (TPSA) is 61.5 Å². The van der Waals surface area contributed by atoms with Gasteiger partial charge in [0.05, 0.1) is 6.61 Å². The summed E-state index contributed by atoms with van der Waals surface area (Å²) in [6.07, 6.45) is 1.88. The maximum absolute atomic E-state index is 11.3. The number of unbranched alkanes of at least 4 members (excludes halogenated alkanes) is 1. The molecule has 0 aromatic heterocycles. The van der Waals surface area contributed by atoms with Gasteiger partial charge in [-0.3, -0.25) is 0 Å². The second-order valence-corrected chi connectivity index (χ2v) is 3.67. The first kappa shape index (κ1) is 13.5. The van der Waals surface area contributed by atoms with Crippen LogP contribution in [0.3, 0.4) is 0 Å². The number of para-hydroxylation sites is 1. The van der Waals surface area contributed by atoms with Crippen LogP contribution in [0.25, 0.3) is 0 Å². The summed E-state index contributed by atoms with van der Waals surface area (Å²) >= 11 is 0. The Bertz CT molecular complexity index is 352. The summed E-state index contributed by atoms with van der Waals surface area (Å²) < 4.78 is 10.3. The number of benzene rings is 1. The van der Waals surface area contributed by atoms with Crippen LogP contribution in [0, 0.1) is 0 Å². The number of carbonyl (C=O) groups excluding carboxylic acids is 1.